The van der Waals surface area contributed by atoms with Crippen LogP contribution in [0.4, 0.5) is 17.1 Å². The molecule has 0 atom stereocenters. The van der Waals surface area contributed by atoms with Gasteiger partial charge in [0.05, 0.1) is 28.6 Å². The van der Waals surface area contributed by atoms with Crippen LogP contribution in [0.2, 0.25) is 0 Å². The molecule has 0 saturated carbocycles. The molecule has 2 aromatic rings. The molecule has 1 aliphatic heterocycles. The molecule has 9 heteroatoms. The predicted octanol–water partition coefficient (Wildman–Crippen LogP) is 2.85. The fourth-order valence-electron chi connectivity index (χ4n) is 3.13. The van der Waals surface area contributed by atoms with Crippen LogP contribution in [0.5, 0.6) is 0 Å². The summed E-state index contributed by atoms with van der Waals surface area (Å²) < 4.78 is 4.70. The molecule has 26 heavy (non-hydrogen) atoms. The Kier molecular flexibility index (Phi) is 4.53. The average Bonchev–Trinajstić information content (AvgIpc) is 2.65. The van der Waals surface area contributed by atoms with Gasteiger partial charge in [0.25, 0.3) is 11.4 Å². The van der Waals surface area contributed by atoms with Crippen LogP contribution in [-0.2, 0) is 17.7 Å². The van der Waals surface area contributed by atoms with Gasteiger partial charge < -0.3 is 9.64 Å². The van der Waals surface area contributed by atoms with E-state index >= 15 is 0 Å². The molecule has 0 radical (unpaired) electrons. The third-order valence-corrected chi connectivity index (χ3v) is 4.33. The van der Waals surface area contributed by atoms with E-state index in [9.17, 15) is 25.0 Å². The average molecular weight is 357 g/mol. The number of rotatable bonds is 4. The van der Waals surface area contributed by atoms with Crippen molar-refractivity contribution >= 4 is 23.0 Å². The summed E-state index contributed by atoms with van der Waals surface area (Å²) in [6, 6.07) is 9.59. The molecule has 1 heterocycles. The minimum absolute atomic E-state index is 0.0435. The van der Waals surface area contributed by atoms with Crippen LogP contribution >= 0.6 is 0 Å². The molecule has 0 amide bonds. The van der Waals surface area contributed by atoms with Crippen molar-refractivity contribution < 1.29 is 19.4 Å². The number of nitro benzene ring substituents is 2. The highest BCUT2D eigenvalue weighted by atomic mass is 16.6. The predicted molar refractivity (Wildman–Crippen MR) is 92.3 cm³/mol. The second kappa shape index (κ2) is 6.79. The zero-order valence-electron chi connectivity index (χ0n) is 13.9. The summed E-state index contributed by atoms with van der Waals surface area (Å²) in [5.41, 5.74) is 0.960. The molecular weight excluding hydrogens is 342 g/mol. The van der Waals surface area contributed by atoms with Gasteiger partial charge in [0.2, 0.25) is 0 Å². The van der Waals surface area contributed by atoms with Gasteiger partial charge in [0.15, 0.2) is 0 Å². The maximum atomic E-state index is 12.2. The van der Waals surface area contributed by atoms with Gasteiger partial charge in [0, 0.05) is 19.2 Å². The number of methoxy groups -OCH3 is 1. The van der Waals surface area contributed by atoms with E-state index in [1.54, 1.807) is 4.90 Å². The lowest BCUT2D eigenvalue weighted by Gasteiger charge is -2.31. The van der Waals surface area contributed by atoms with Crippen molar-refractivity contribution in [3.8, 4) is 0 Å². The summed E-state index contributed by atoms with van der Waals surface area (Å²) in [4.78, 5) is 35.0. The third-order valence-electron chi connectivity index (χ3n) is 4.33. The van der Waals surface area contributed by atoms with E-state index in [4.69, 9.17) is 4.74 Å². The van der Waals surface area contributed by atoms with Crippen LogP contribution < -0.4 is 4.90 Å². The SMILES string of the molecule is COC(=O)c1cc([N+](=O)[O-])cc([N+](=O)[O-])c1N1CCc2ccccc2C1. The molecule has 1 aliphatic rings. The van der Waals surface area contributed by atoms with Crippen LogP contribution in [0, 0.1) is 20.2 Å². The molecule has 0 bridgehead atoms. The molecule has 0 aromatic heterocycles. The minimum Gasteiger partial charge on any atom is -0.465 e. The van der Waals surface area contributed by atoms with E-state index in [-0.39, 0.29) is 11.3 Å². The maximum absolute atomic E-state index is 12.2. The first-order valence-electron chi connectivity index (χ1n) is 7.79. The van der Waals surface area contributed by atoms with Gasteiger partial charge in [-0.3, -0.25) is 20.2 Å². The summed E-state index contributed by atoms with van der Waals surface area (Å²) in [6.45, 7) is 0.804. The number of benzene rings is 2. The number of carbonyl (C=O) groups is 1. The highest BCUT2D eigenvalue weighted by Gasteiger charge is 2.32. The fourth-order valence-corrected chi connectivity index (χ4v) is 3.13. The number of nitro groups is 2. The third kappa shape index (κ3) is 3.06. The first-order chi connectivity index (χ1) is 12.4. The Morgan fingerprint density at radius 1 is 1.12 bits per heavy atom. The molecule has 0 N–H and O–H groups in total. The number of nitrogens with zero attached hydrogens (tertiary/aromatic N) is 3. The van der Waals surface area contributed by atoms with Gasteiger partial charge in [-0.15, -0.1) is 0 Å². The topological polar surface area (TPSA) is 116 Å². The van der Waals surface area contributed by atoms with E-state index in [2.05, 4.69) is 0 Å². The van der Waals surface area contributed by atoms with Crippen molar-refractivity contribution in [2.24, 2.45) is 0 Å². The van der Waals surface area contributed by atoms with Crippen molar-refractivity contribution in [2.45, 2.75) is 13.0 Å². The summed E-state index contributed by atoms with van der Waals surface area (Å²) in [5, 5.41) is 22.7. The Bertz CT molecular complexity index is 911. The zero-order valence-corrected chi connectivity index (χ0v) is 13.9. The minimum atomic E-state index is -0.856. The van der Waals surface area contributed by atoms with Gasteiger partial charge in [0.1, 0.15) is 5.69 Å². The lowest BCUT2D eigenvalue weighted by atomic mass is 9.98. The Balaban J connectivity index is 2.17. The largest absolute Gasteiger partial charge is 0.465 e. The van der Waals surface area contributed by atoms with Crippen molar-refractivity contribution in [2.75, 3.05) is 18.6 Å². The van der Waals surface area contributed by atoms with Crippen molar-refractivity contribution in [1.29, 1.82) is 0 Å². The molecule has 3 rings (SSSR count). The lowest BCUT2D eigenvalue weighted by molar-refractivity contribution is -0.393. The first-order valence-corrected chi connectivity index (χ1v) is 7.79. The van der Waals surface area contributed by atoms with Crippen LogP contribution in [-0.4, -0.2) is 29.5 Å². The van der Waals surface area contributed by atoms with E-state index in [0.29, 0.717) is 19.5 Å². The van der Waals surface area contributed by atoms with Crippen molar-refractivity contribution in [3.63, 3.8) is 0 Å². The monoisotopic (exact) mass is 357 g/mol. The highest BCUT2D eigenvalue weighted by molar-refractivity contribution is 5.99. The maximum Gasteiger partial charge on any atom is 0.340 e. The number of carbonyl (C=O) groups excluding carboxylic acids is 1. The number of hydrogen-bond donors (Lipinski definition) is 0. The smallest absolute Gasteiger partial charge is 0.340 e. The summed E-state index contributed by atoms with van der Waals surface area (Å²) >= 11 is 0. The Morgan fingerprint density at radius 2 is 1.81 bits per heavy atom. The second-order valence-corrected chi connectivity index (χ2v) is 5.81. The fraction of sp³-hybridized carbons (Fsp3) is 0.235. The molecule has 0 spiro atoms. The van der Waals surface area contributed by atoms with Gasteiger partial charge in [-0.25, -0.2) is 4.79 Å². The van der Waals surface area contributed by atoms with Crippen LogP contribution in [0.15, 0.2) is 36.4 Å². The number of hydrogen-bond acceptors (Lipinski definition) is 7. The number of ether oxygens (including phenoxy) is 1. The molecule has 134 valence electrons. The van der Waals surface area contributed by atoms with Crippen LogP contribution in [0.3, 0.4) is 0 Å². The normalized spacial score (nSPS) is 13.0. The first kappa shape index (κ1) is 17.3. The summed E-state index contributed by atoms with van der Waals surface area (Å²) in [5.74, 6) is -0.856. The lowest BCUT2D eigenvalue weighted by Crippen LogP contribution is -2.32. The molecule has 0 fully saturated rings. The second-order valence-electron chi connectivity index (χ2n) is 5.81. The highest BCUT2D eigenvalue weighted by Crippen LogP contribution is 2.38. The zero-order chi connectivity index (χ0) is 18.8. The van der Waals surface area contributed by atoms with Gasteiger partial charge in [-0.1, -0.05) is 24.3 Å². The van der Waals surface area contributed by atoms with E-state index in [0.717, 1.165) is 30.4 Å². The van der Waals surface area contributed by atoms with Gasteiger partial charge in [-0.05, 0) is 17.5 Å². The summed E-state index contributed by atoms with van der Waals surface area (Å²) in [6.07, 6.45) is 0.644. The molecule has 0 aliphatic carbocycles. The number of esters is 1. The number of non-ortho nitro benzene ring substituents is 1. The van der Waals surface area contributed by atoms with Gasteiger partial charge >= 0.3 is 5.97 Å². The van der Waals surface area contributed by atoms with E-state index < -0.39 is 27.2 Å². The Hall–Kier alpha value is -3.49. The Labute approximate surface area is 148 Å². The molecule has 0 saturated heterocycles. The molecular formula is C17H15N3O6. The Morgan fingerprint density at radius 3 is 2.42 bits per heavy atom. The standard InChI is InChI=1S/C17H15N3O6/c1-26-17(21)14-8-13(19(22)23)9-15(20(24)25)16(14)18-7-6-11-4-2-3-5-12(11)10-18/h2-5,8-9H,6-7,10H2,1H3. The van der Waals surface area contributed by atoms with E-state index in [1.807, 2.05) is 24.3 Å². The molecule has 2 aromatic carbocycles. The van der Waals surface area contributed by atoms with Crippen LogP contribution in [0.1, 0.15) is 21.5 Å². The van der Waals surface area contributed by atoms with Crippen molar-refractivity contribution in [3.05, 3.63) is 73.3 Å². The molecule has 9 nitrogen and oxygen atoms in total. The summed E-state index contributed by atoms with van der Waals surface area (Å²) in [7, 11) is 1.13. The van der Waals surface area contributed by atoms with E-state index in [1.165, 1.54) is 0 Å². The van der Waals surface area contributed by atoms with Crippen LogP contribution in [0.25, 0.3) is 0 Å². The quantitative estimate of drug-likeness (QED) is 0.469. The number of fused-ring (bicyclic) bond motifs is 1. The van der Waals surface area contributed by atoms with Crippen molar-refractivity contribution in [1.82, 2.24) is 0 Å². The van der Waals surface area contributed by atoms with Gasteiger partial charge in [-0.2, -0.15) is 0 Å². The molecule has 0 unspecified atom stereocenters. The number of anilines is 1.